The van der Waals surface area contributed by atoms with Crippen molar-refractivity contribution in [2.45, 2.75) is 26.7 Å². The molecule has 0 saturated heterocycles. The Labute approximate surface area is 72.8 Å². The number of fused-ring (bicyclic) bond motifs is 1. The van der Waals surface area contributed by atoms with Crippen molar-refractivity contribution < 1.29 is 0 Å². The molecule has 0 bridgehead atoms. The van der Waals surface area contributed by atoms with Crippen LogP contribution >= 0.6 is 11.8 Å². The van der Waals surface area contributed by atoms with Gasteiger partial charge in [-0.25, -0.2) is 0 Å². The topological polar surface area (TPSA) is 0 Å². The Kier molecular flexibility index (Phi) is 1.64. The second-order valence-electron chi connectivity index (χ2n) is 3.92. The monoisotopic (exact) mass is 166 g/mol. The van der Waals surface area contributed by atoms with Gasteiger partial charge in [-0.05, 0) is 23.8 Å². The Bertz CT molecular complexity index is 233. The maximum absolute atomic E-state index is 2.40. The van der Waals surface area contributed by atoms with Crippen LogP contribution in [0.2, 0.25) is 0 Å². The molecule has 0 fully saturated rings. The van der Waals surface area contributed by atoms with E-state index in [9.17, 15) is 0 Å². The maximum Gasteiger partial charge on any atom is 0.0167 e. The Morgan fingerprint density at radius 3 is 2.91 bits per heavy atom. The minimum atomic E-state index is 0.452. The van der Waals surface area contributed by atoms with Crippen LogP contribution in [0.15, 0.2) is 22.6 Å². The molecule has 0 atom stereocenters. The van der Waals surface area contributed by atoms with Gasteiger partial charge in [-0.3, -0.25) is 0 Å². The molecule has 2 rings (SSSR count). The van der Waals surface area contributed by atoms with E-state index in [0.29, 0.717) is 5.41 Å². The molecule has 0 radical (unpaired) electrons. The van der Waals surface area contributed by atoms with Gasteiger partial charge in [-0.1, -0.05) is 26.0 Å². The number of rotatable bonds is 0. The van der Waals surface area contributed by atoms with Gasteiger partial charge in [0.2, 0.25) is 0 Å². The number of thioether (sulfide) groups is 1. The summed E-state index contributed by atoms with van der Waals surface area (Å²) in [6, 6.07) is 0. The van der Waals surface area contributed by atoms with Gasteiger partial charge >= 0.3 is 0 Å². The Morgan fingerprint density at radius 2 is 2.18 bits per heavy atom. The van der Waals surface area contributed by atoms with Gasteiger partial charge in [-0.15, -0.1) is 11.8 Å². The van der Waals surface area contributed by atoms with Crippen LogP contribution in [0, 0.1) is 5.41 Å². The molecule has 11 heavy (non-hydrogen) atoms. The lowest BCUT2D eigenvalue weighted by Gasteiger charge is -2.30. The molecule has 0 aromatic carbocycles. The van der Waals surface area contributed by atoms with Gasteiger partial charge in [0.25, 0.3) is 0 Å². The van der Waals surface area contributed by atoms with Crippen LogP contribution in [0.5, 0.6) is 0 Å². The van der Waals surface area contributed by atoms with Crippen LogP contribution in [0.1, 0.15) is 26.7 Å². The average Bonchev–Trinajstić information content (AvgIpc) is 2.34. The Hall–Kier alpha value is -0.170. The first kappa shape index (κ1) is 7.48. The van der Waals surface area contributed by atoms with E-state index in [-0.39, 0.29) is 0 Å². The SMILES string of the molecule is CC1(C)CCC=C2SCC=C21. The maximum atomic E-state index is 2.40. The summed E-state index contributed by atoms with van der Waals surface area (Å²) in [7, 11) is 0. The summed E-state index contributed by atoms with van der Waals surface area (Å²) in [5.41, 5.74) is 2.06. The summed E-state index contributed by atoms with van der Waals surface area (Å²) >= 11 is 2.00. The van der Waals surface area contributed by atoms with E-state index >= 15 is 0 Å². The van der Waals surface area contributed by atoms with Crippen LogP contribution in [0.4, 0.5) is 0 Å². The molecule has 0 spiro atoms. The van der Waals surface area contributed by atoms with Gasteiger partial charge in [-0.2, -0.15) is 0 Å². The summed E-state index contributed by atoms with van der Waals surface area (Å²) < 4.78 is 0. The average molecular weight is 166 g/mol. The van der Waals surface area contributed by atoms with Crippen molar-refractivity contribution in [1.29, 1.82) is 0 Å². The molecule has 0 saturated carbocycles. The largest absolute Gasteiger partial charge is 0.122 e. The standard InChI is InChI=1S/C10H14S/c1-10(2)6-3-4-9-8(10)5-7-11-9/h4-5H,3,6-7H2,1-2H3. The van der Waals surface area contributed by atoms with E-state index in [1.54, 1.807) is 10.5 Å². The van der Waals surface area contributed by atoms with Crippen molar-refractivity contribution in [3.05, 3.63) is 22.6 Å². The third kappa shape index (κ3) is 1.16. The minimum absolute atomic E-state index is 0.452. The summed E-state index contributed by atoms with van der Waals surface area (Å²) in [6.45, 7) is 4.72. The predicted molar refractivity (Wildman–Crippen MR) is 51.6 cm³/mol. The number of allylic oxidation sites excluding steroid dienone is 2. The molecular formula is C10H14S. The lowest BCUT2D eigenvalue weighted by atomic mass is 9.76. The van der Waals surface area contributed by atoms with Crippen LogP contribution in [0.25, 0.3) is 0 Å². The zero-order valence-electron chi connectivity index (χ0n) is 7.18. The lowest BCUT2D eigenvalue weighted by Crippen LogP contribution is -2.17. The molecular weight excluding hydrogens is 152 g/mol. The highest BCUT2D eigenvalue weighted by molar-refractivity contribution is 8.03. The molecule has 0 aromatic rings. The molecule has 60 valence electrons. The fourth-order valence-electron chi connectivity index (χ4n) is 1.87. The molecule has 0 aromatic heterocycles. The normalized spacial score (nSPS) is 27.5. The zero-order chi connectivity index (χ0) is 7.90. The van der Waals surface area contributed by atoms with Gasteiger partial charge in [0.1, 0.15) is 0 Å². The second kappa shape index (κ2) is 2.41. The van der Waals surface area contributed by atoms with Crippen molar-refractivity contribution in [3.8, 4) is 0 Å². The smallest absolute Gasteiger partial charge is 0.0167 e. The van der Waals surface area contributed by atoms with E-state index in [1.807, 2.05) is 11.8 Å². The molecule has 2 aliphatic rings. The fraction of sp³-hybridized carbons (Fsp3) is 0.600. The van der Waals surface area contributed by atoms with Crippen molar-refractivity contribution in [2.24, 2.45) is 5.41 Å². The highest BCUT2D eigenvalue weighted by atomic mass is 32.2. The summed E-state index contributed by atoms with van der Waals surface area (Å²) in [4.78, 5) is 1.56. The Balaban J connectivity index is 2.39. The van der Waals surface area contributed by atoms with Crippen LogP contribution in [0.3, 0.4) is 0 Å². The minimum Gasteiger partial charge on any atom is -0.122 e. The molecule has 0 unspecified atom stereocenters. The van der Waals surface area contributed by atoms with Gasteiger partial charge < -0.3 is 0 Å². The third-order valence-electron chi connectivity index (χ3n) is 2.62. The van der Waals surface area contributed by atoms with Crippen LogP contribution < -0.4 is 0 Å². The molecule has 1 heteroatoms. The Morgan fingerprint density at radius 1 is 1.36 bits per heavy atom. The van der Waals surface area contributed by atoms with Crippen molar-refractivity contribution >= 4 is 11.8 Å². The van der Waals surface area contributed by atoms with Crippen molar-refractivity contribution in [3.63, 3.8) is 0 Å². The molecule has 1 aliphatic carbocycles. The van der Waals surface area contributed by atoms with Crippen LogP contribution in [-0.4, -0.2) is 5.75 Å². The molecule has 0 nitrogen and oxygen atoms in total. The van der Waals surface area contributed by atoms with Gasteiger partial charge in [0, 0.05) is 10.7 Å². The lowest BCUT2D eigenvalue weighted by molar-refractivity contribution is 0.410. The van der Waals surface area contributed by atoms with Gasteiger partial charge in [0.05, 0.1) is 0 Å². The first-order valence-corrected chi connectivity index (χ1v) is 5.23. The van der Waals surface area contributed by atoms with E-state index in [0.717, 1.165) is 0 Å². The third-order valence-corrected chi connectivity index (χ3v) is 3.65. The van der Waals surface area contributed by atoms with Crippen molar-refractivity contribution in [1.82, 2.24) is 0 Å². The zero-order valence-corrected chi connectivity index (χ0v) is 8.00. The van der Waals surface area contributed by atoms with Crippen LogP contribution in [-0.2, 0) is 0 Å². The van der Waals surface area contributed by atoms with E-state index in [1.165, 1.54) is 18.6 Å². The number of hydrogen-bond acceptors (Lipinski definition) is 1. The molecule has 0 amide bonds. The summed E-state index contributed by atoms with van der Waals surface area (Å²) in [5.74, 6) is 1.20. The quantitative estimate of drug-likeness (QED) is 0.531. The first-order chi connectivity index (χ1) is 5.20. The first-order valence-electron chi connectivity index (χ1n) is 4.24. The van der Waals surface area contributed by atoms with Crippen molar-refractivity contribution in [2.75, 3.05) is 5.75 Å². The predicted octanol–water partition coefficient (Wildman–Crippen LogP) is 3.36. The van der Waals surface area contributed by atoms with E-state index in [4.69, 9.17) is 0 Å². The number of hydrogen-bond donors (Lipinski definition) is 0. The fourth-order valence-corrected chi connectivity index (χ4v) is 3.05. The molecule has 1 aliphatic heterocycles. The van der Waals surface area contributed by atoms with Gasteiger partial charge in [0.15, 0.2) is 0 Å². The van der Waals surface area contributed by atoms with E-state index in [2.05, 4.69) is 26.0 Å². The second-order valence-corrected chi connectivity index (χ2v) is 4.98. The molecule has 1 heterocycles. The van der Waals surface area contributed by atoms with E-state index < -0.39 is 0 Å². The molecule has 0 N–H and O–H groups in total. The summed E-state index contributed by atoms with van der Waals surface area (Å²) in [5, 5.41) is 0. The summed E-state index contributed by atoms with van der Waals surface area (Å²) in [6.07, 6.45) is 7.39. The highest BCUT2D eigenvalue weighted by Gasteiger charge is 2.30. The highest BCUT2D eigenvalue weighted by Crippen LogP contribution is 2.47.